The molecule has 29 heavy (non-hydrogen) atoms. The van der Waals surface area contributed by atoms with E-state index in [9.17, 15) is 4.21 Å². The van der Waals surface area contributed by atoms with E-state index in [0.717, 1.165) is 11.1 Å². The first-order chi connectivity index (χ1) is 13.9. The van der Waals surface area contributed by atoms with Crippen molar-refractivity contribution in [3.63, 3.8) is 0 Å². The van der Waals surface area contributed by atoms with Gasteiger partial charge in [0.15, 0.2) is 0 Å². The van der Waals surface area contributed by atoms with Crippen LogP contribution >= 0.6 is 7.92 Å². The number of benzene rings is 3. The van der Waals surface area contributed by atoms with Crippen molar-refractivity contribution < 1.29 is 4.21 Å². The first kappa shape index (κ1) is 21.7. The van der Waals surface area contributed by atoms with Crippen LogP contribution < -0.4 is 10.6 Å². The maximum Gasteiger partial charge on any atom is 0.0725 e. The number of rotatable bonds is 7. The van der Waals surface area contributed by atoms with Crippen LogP contribution in [0.1, 0.15) is 19.4 Å². The lowest BCUT2D eigenvalue weighted by Crippen LogP contribution is -2.25. The minimum Gasteiger partial charge on any atom is -0.245 e. The molecule has 0 fully saturated rings. The molecule has 0 saturated carbocycles. The van der Waals surface area contributed by atoms with E-state index in [4.69, 9.17) is 4.36 Å². The summed E-state index contributed by atoms with van der Waals surface area (Å²) in [6.07, 6.45) is 2.68. The van der Waals surface area contributed by atoms with Crippen molar-refractivity contribution in [1.29, 1.82) is 0 Å². The van der Waals surface area contributed by atoms with Gasteiger partial charge in [0.25, 0.3) is 0 Å². The molecule has 0 amide bonds. The number of hydrogen-bond donors (Lipinski definition) is 0. The number of aryl methyl sites for hydroxylation is 1. The Morgan fingerprint density at radius 1 is 0.828 bits per heavy atom. The molecule has 0 bridgehead atoms. The summed E-state index contributed by atoms with van der Waals surface area (Å²) < 4.78 is 18.5. The topological polar surface area (TPSA) is 29.4 Å². The van der Waals surface area contributed by atoms with Gasteiger partial charge in [0, 0.05) is 11.2 Å². The first-order valence-corrected chi connectivity index (χ1v) is 13.5. The van der Waals surface area contributed by atoms with Crippen molar-refractivity contribution in [2.45, 2.75) is 31.7 Å². The molecule has 0 N–H and O–H groups in total. The van der Waals surface area contributed by atoms with E-state index < -0.39 is 17.7 Å². The maximum atomic E-state index is 13.5. The minimum absolute atomic E-state index is 0.0281. The van der Waals surface area contributed by atoms with Crippen LogP contribution in [0, 0.1) is 12.8 Å². The zero-order chi connectivity index (χ0) is 20.9. The second-order valence-electron chi connectivity index (χ2n) is 7.81. The quantitative estimate of drug-likeness (QED) is 0.454. The SMILES string of the molecule is Cc1ccc(S(C)(=O)=N[C@H](CP(c2ccccc2)c2ccccc2)C(C)C)cc1. The van der Waals surface area contributed by atoms with E-state index in [1.807, 2.05) is 31.2 Å². The lowest BCUT2D eigenvalue weighted by molar-refractivity contribution is 0.537. The van der Waals surface area contributed by atoms with E-state index in [-0.39, 0.29) is 6.04 Å². The molecule has 0 radical (unpaired) electrons. The molecule has 1 unspecified atom stereocenters. The highest BCUT2D eigenvalue weighted by Crippen LogP contribution is 2.37. The summed E-state index contributed by atoms with van der Waals surface area (Å²) in [7, 11) is -3.01. The van der Waals surface area contributed by atoms with Gasteiger partial charge in [0.1, 0.15) is 0 Å². The third-order valence-corrected chi connectivity index (χ3v) is 9.47. The van der Waals surface area contributed by atoms with Crippen LogP contribution in [0.5, 0.6) is 0 Å². The molecule has 152 valence electrons. The number of hydrogen-bond acceptors (Lipinski definition) is 2. The van der Waals surface area contributed by atoms with Crippen molar-refractivity contribution in [3.8, 4) is 0 Å². The summed E-state index contributed by atoms with van der Waals surface area (Å²) in [5.74, 6) is 0.318. The van der Waals surface area contributed by atoms with Gasteiger partial charge in [0.2, 0.25) is 0 Å². The molecule has 3 aromatic rings. The molecule has 0 heterocycles. The molecule has 3 aromatic carbocycles. The minimum atomic E-state index is -2.45. The highest BCUT2D eigenvalue weighted by atomic mass is 32.2. The molecule has 0 aromatic heterocycles. The summed E-state index contributed by atoms with van der Waals surface area (Å²) in [5, 5.41) is 2.68. The monoisotopic (exact) mass is 423 g/mol. The molecular formula is C25H30NOPS. The van der Waals surface area contributed by atoms with E-state index >= 15 is 0 Å². The van der Waals surface area contributed by atoms with Crippen LogP contribution in [-0.2, 0) is 9.73 Å². The van der Waals surface area contributed by atoms with Crippen LogP contribution in [-0.4, -0.2) is 22.7 Å². The Labute approximate surface area is 177 Å². The predicted octanol–water partition coefficient (Wildman–Crippen LogP) is 5.61. The Morgan fingerprint density at radius 3 is 1.76 bits per heavy atom. The van der Waals surface area contributed by atoms with Crippen LogP contribution in [0.15, 0.2) is 94.2 Å². The van der Waals surface area contributed by atoms with Gasteiger partial charge in [-0.15, -0.1) is 0 Å². The Balaban J connectivity index is 1.99. The van der Waals surface area contributed by atoms with Crippen molar-refractivity contribution in [2.75, 3.05) is 12.4 Å². The maximum absolute atomic E-state index is 13.5. The average molecular weight is 424 g/mol. The summed E-state index contributed by atoms with van der Waals surface area (Å²) in [6, 6.07) is 29.3. The van der Waals surface area contributed by atoms with Gasteiger partial charge in [-0.05, 0) is 49.7 Å². The molecular weight excluding hydrogens is 393 g/mol. The van der Waals surface area contributed by atoms with Crippen molar-refractivity contribution in [3.05, 3.63) is 90.5 Å². The third kappa shape index (κ3) is 5.78. The highest BCUT2D eigenvalue weighted by molar-refractivity contribution is 7.93. The van der Waals surface area contributed by atoms with E-state index in [1.54, 1.807) is 6.26 Å². The fourth-order valence-corrected chi connectivity index (χ4v) is 7.61. The Kier molecular flexibility index (Phi) is 7.27. The second kappa shape index (κ2) is 9.69. The lowest BCUT2D eigenvalue weighted by Gasteiger charge is -2.25. The largest absolute Gasteiger partial charge is 0.245 e. The van der Waals surface area contributed by atoms with Crippen molar-refractivity contribution in [1.82, 2.24) is 0 Å². The zero-order valence-electron chi connectivity index (χ0n) is 17.7. The molecule has 0 saturated heterocycles. The molecule has 2 nitrogen and oxygen atoms in total. The van der Waals surface area contributed by atoms with E-state index in [1.165, 1.54) is 16.2 Å². The smallest absolute Gasteiger partial charge is 0.0725 e. The van der Waals surface area contributed by atoms with Crippen molar-refractivity contribution in [2.24, 2.45) is 10.3 Å². The predicted molar refractivity (Wildman–Crippen MR) is 129 cm³/mol. The zero-order valence-corrected chi connectivity index (χ0v) is 19.4. The molecule has 0 aliphatic rings. The van der Waals surface area contributed by atoms with Crippen LogP contribution in [0.2, 0.25) is 0 Å². The third-order valence-electron chi connectivity index (χ3n) is 5.07. The van der Waals surface area contributed by atoms with Gasteiger partial charge in [-0.3, -0.25) is 0 Å². The Hall–Kier alpha value is -1.96. The Bertz CT molecular complexity index is 984. The van der Waals surface area contributed by atoms with Gasteiger partial charge in [-0.2, -0.15) is 0 Å². The van der Waals surface area contributed by atoms with Gasteiger partial charge < -0.3 is 0 Å². The summed E-state index contributed by atoms with van der Waals surface area (Å²) >= 11 is 0. The molecule has 2 atom stereocenters. The molecule has 0 aliphatic heterocycles. The summed E-state index contributed by atoms with van der Waals surface area (Å²) in [4.78, 5) is 0.817. The van der Waals surface area contributed by atoms with Crippen LogP contribution in [0.4, 0.5) is 0 Å². The van der Waals surface area contributed by atoms with Gasteiger partial charge in [-0.1, -0.05) is 92.2 Å². The molecule has 4 heteroatoms. The van der Waals surface area contributed by atoms with E-state index in [0.29, 0.717) is 5.92 Å². The molecule has 0 spiro atoms. The number of nitrogens with zero attached hydrogens (tertiary/aromatic N) is 1. The van der Waals surface area contributed by atoms with Gasteiger partial charge in [0.05, 0.1) is 15.8 Å². The van der Waals surface area contributed by atoms with Gasteiger partial charge >= 0.3 is 0 Å². The second-order valence-corrected chi connectivity index (χ2v) is 12.4. The normalized spacial score (nSPS) is 14.6. The Morgan fingerprint density at radius 2 is 1.31 bits per heavy atom. The lowest BCUT2D eigenvalue weighted by atomic mass is 10.1. The van der Waals surface area contributed by atoms with Gasteiger partial charge in [-0.25, -0.2) is 8.57 Å². The molecule has 3 rings (SSSR count). The first-order valence-electron chi connectivity index (χ1n) is 10.0. The van der Waals surface area contributed by atoms with Crippen LogP contribution in [0.25, 0.3) is 0 Å². The fourth-order valence-electron chi connectivity index (χ4n) is 3.24. The molecule has 0 aliphatic carbocycles. The van der Waals surface area contributed by atoms with Crippen LogP contribution in [0.3, 0.4) is 0 Å². The average Bonchev–Trinajstić information content (AvgIpc) is 2.72. The highest BCUT2D eigenvalue weighted by Gasteiger charge is 2.23. The van der Waals surface area contributed by atoms with E-state index in [2.05, 4.69) is 74.5 Å². The fraction of sp³-hybridized carbons (Fsp3) is 0.280. The summed E-state index contributed by atoms with van der Waals surface area (Å²) in [6.45, 7) is 6.41. The summed E-state index contributed by atoms with van der Waals surface area (Å²) in [5.41, 5.74) is 1.17. The standard InChI is InChI=1S/C25H30NOPS/c1-20(2)25(26-29(4,27)24-17-15-21(3)16-18-24)19-28(22-11-7-5-8-12-22)23-13-9-6-10-14-23/h5-18,20,25H,19H2,1-4H3/t25-,29?/m1/s1. The van der Waals surface area contributed by atoms with Crippen molar-refractivity contribution >= 4 is 28.3 Å².